The second-order valence-electron chi connectivity index (χ2n) is 9.07. The highest BCUT2D eigenvalue weighted by molar-refractivity contribution is 5.80. The second-order valence-corrected chi connectivity index (χ2v) is 9.07. The number of hydrogen-bond donors (Lipinski definition) is 2. The molecule has 1 aliphatic carbocycles. The van der Waals surface area contributed by atoms with E-state index in [1.165, 1.54) is 6.42 Å². The highest BCUT2D eigenvalue weighted by atomic mass is 16.2. The van der Waals surface area contributed by atoms with Crippen LogP contribution in [0.2, 0.25) is 0 Å². The number of rotatable bonds is 6. The Balaban J connectivity index is 1.38. The van der Waals surface area contributed by atoms with E-state index in [9.17, 15) is 9.59 Å². The van der Waals surface area contributed by atoms with Gasteiger partial charge in [0, 0.05) is 56.0 Å². The van der Waals surface area contributed by atoms with Gasteiger partial charge in [-0.1, -0.05) is 19.3 Å². The minimum absolute atomic E-state index is 0.0457. The van der Waals surface area contributed by atoms with Gasteiger partial charge in [-0.15, -0.1) is 0 Å². The molecule has 8 nitrogen and oxygen atoms in total. The molecule has 8 heteroatoms. The largest absolute Gasteiger partial charge is 0.350 e. The highest BCUT2D eigenvalue weighted by Crippen LogP contribution is 2.33. The van der Waals surface area contributed by atoms with Crippen LogP contribution in [0.1, 0.15) is 69.9 Å². The van der Waals surface area contributed by atoms with Gasteiger partial charge in [-0.3, -0.25) is 19.6 Å². The molecule has 4 rings (SSSR count). The maximum absolute atomic E-state index is 13.2. The van der Waals surface area contributed by atoms with Crippen molar-refractivity contribution in [2.24, 2.45) is 0 Å². The summed E-state index contributed by atoms with van der Waals surface area (Å²) in [6.45, 7) is 3.00. The zero-order valence-electron chi connectivity index (χ0n) is 18.7. The predicted octanol–water partition coefficient (Wildman–Crippen LogP) is 3.55. The number of pyridine rings is 1. The standard InChI is InChI=1S/C24H32N6O2/c1-18(31)29-24(9-3-2-4-10-24)14-23(32)30-13-5-6-19(17-30)21-8-7-20(15-27-21)28-22-16-25-11-12-26-22/h7-8,11-12,15-16,19H,2-6,9-10,13-14,17H2,1H3,(H,26,28)(H,29,31)/t19-/m1/s1. The number of carbonyl (C=O) groups is 2. The second kappa shape index (κ2) is 10.1. The molecule has 2 amide bonds. The van der Waals surface area contributed by atoms with Crippen molar-refractivity contribution in [1.82, 2.24) is 25.2 Å². The molecule has 170 valence electrons. The molecule has 2 aliphatic rings. The van der Waals surface area contributed by atoms with Gasteiger partial charge < -0.3 is 15.5 Å². The van der Waals surface area contributed by atoms with Crippen molar-refractivity contribution in [2.45, 2.75) is 69.7 Å². The lowest BCUT2D eigenvalue weighted by atomic mass is 9.78. The lowest BCUT2D eigenvalue weighted by molar-refractivity contribution is -0.135. The molecular formula is C24H32N6O2. The summed E-state index contributed by atoms with van der Waals surface area (Å²) in [5.74, 6) is 0.996. The Hall–Kier alpha value is -3.03. The smallest absolute Gasteiger partial charge is 0.224 e. The first kappa shape index (κ1) is 22.2. The van der Waals surface area contributed by atoms with Crippen LogP contribution in [0.15, 0.2) is 36.9 Å². The molecule has 0 spiro atoms. The molecule has 0 aromatic carbocycles. The summed E-state index contributed by atoms with van der Waals surface area (Å²) in [4.78, 5) is 39.9. The Bertz CT molecular complexity index is 912. The van der Waals surface area contributed by atoms with Crippen molar-refractivity contribution < 1.29 is 9.59 Å². The maximum atomic E-state index is 13.2. The van der Waals surface area contributed by atoms with Gasteiger partial charge in [0.25, 0.3) is 0 Å². The molecular weight excluding hydrogens is 404 g/mol. The van der Waals surface area contributed by atoms with Gasteiger partial charge in [0.1, 0.15) is 5.82 Å². The summed E-state index contributed by atoms with van der Waals surface area (Å²) in [5, 5.41) is 6.31. The van der Waals surface area contributed by atoms with Crippen molar-refractivity contribution >= 4 is 23.3 Å². The van der Waals surface area contributed by atoms with Crippen molar-refractivity contribution in [1.29, 1.82) is 0 Å². The minimum atomic E-state index is -0.375. The molecule has 2 aromatic rings. The molecule has 0 bridgehead atoms. The molecule has 2 fully saturated rings. The summed E-state index contributed by atoms with van der Waals surface area (Å²) in [6.07, 6.45) is 14.2. The number of piperidine rings is 1. The van der Waals surface area contributed by atoms with Crippen LogP contribution in [0.5, 0.6) is 0 Å². The average Bonchev–Trinajstić information content (AvgIpc) is 2.80. The fourth-order valence-corrected chi connectivity index (χ4v) is 5.03. The third-order valence-electron chi connectivity index (χ3n) is 6.56. The van der Waals surface area contributed by atoms with Crippen LogP contribution in [-0.4, -0.2) is 50.3 Å². The van der Waals surface area contributed by atoms with E-state index in [1.54, 1.807) is 31.7 Å². The number of carbonyl (C=O) groups excluding carboxylic acids is 2. The average molecular weight is 437 g/mol. The van der Waals surface area contributed by atoms with Gasteiger partial charge >= 0.3 is 0 Å². The lowest BCUT2D eigenvalue weighted by Crippen LogP contribution is -2.53. The number of aromatic nitrogens is 3. The van der Waals surface area contributed by atoms with Crippen LogP contribution in [0.4, 0.5) is 11.5 Å². The summed E-state index contributed by atoms with van der Waals surface area (Å²) < 4.78 is 0. The SMILES string of the molecule is CC(=O)NC1(CC(=O)N2CCC[C@@H](c3ccc(Nc4cnccn4)cn3)C2)CCCCC1. The van der Waals surface area contributed by atoms with Crippen LogP contribution in [0, 0.1) is 0 Å². The van der Waals surface area contributed by atoms with Crippen molar-refractivity contribution in [2.75, 3.05) is 18.4 Å². The lowest BCUT2D eigenvalue weighted by Gasteiger charge is -2.40. The van der Waals surface area contributed by atoms with E-state index in [2.05, 4.69) is 25.6 Å². The highest BCUT2D eigenvalue weighted by Gasteiger charge is 2.37. The van der Waals surface area contributed by atoms with Crippen LogP contribution < -0.4 is 10.6 Å². The molecule has 2 N–H and O–H groups in total. The van der Waals surface area contributed by atoms with Gasteiger partial charge in [-0.25, -0.2) is 4.98 Å². The van der Waals surface area contributed by atoms with E-state index in [-0.39, 0.29) is 23.3 Å². The molecule has 1 atom stereocenters. The van der Waals surface area contributed by atoms with Crippen molar-refractivity contribution in [3.05, 3.63) is 42.6 Å². The van der Waals surface area contributed by atoms with Crippen LogP contribution >= 0.6 is 0 Å². The third-order valence-corrected chi connectivity index (χ3v) is 6.56. The van der Waals surface area contributed by atoms with E-state index < -0.39 is 0 Å². The van der Waals surface area contributed by atoms with Crippen LogP contribution in [-0.2, 0) is 9.59 Å². The Kier molecular flexibility index (Phi) is 6.97. The first-order valence-corrected chi connectivity index (χ1v) is 11.6. The maximum Gasteiger partial charge on any atom is 0.224 e. The summed E-state index contributed by atoms with van der Waals surface area (Å²) in [7, 11) is 0. The molecule has 1 saturated heterocycles. The Labute approximate surface area is 189 Å². The Morgan fingerprint density at radius 2 is 1.94 bits per heavy atom. The Morgan fingerprint density at radius 1 is 1.09 bits per heavy atom. The van der Waals surface area contributed by atoms with Crippen LogP contribution in [0.3, 0.4) is 0 Å². The van der Waals surface area contributed by atoms with E-state index in [1.807, 2.05) is 17.0 Å². The zero-order valence-corrected chi connectivity index (χ0v) is 18.7. The first-order chi connectivity index (χ1) is 15.5. The van der Waals surface area contributed by atoms with E-state index in [0.29, 0.717) is 18.8 Å². The van der Waals surface area contributed by atoms with E-state index in [4.69, 9.17) is 0 Å². The first-order valence-electron chi connectivity index (χ1n) is 11.6. The normalized spacial score (nSPS) is 20.4. The van der Waals surface area contributed by atoms with Gasteiger partial charge in [-0.05, 0) is 37.8 Å². The van der Waals surface area contributed by atoms with Gasteiger partial charge in [0.15, 0.2) is 0 Å². The number of anilines is 2. The van der Waals surface area contributed by atoms with Gasteiger partial charge in [0.05, 0.1) is 18.1 Å². The third kappa shape index (κ3) is 5.60. The molecule has 1 saturated carbocycles. The quantitative estimate of drug-likeness (QED) is 0.718. The van der Waals surface area contributed by atoms with E-state index >= 15 is 0 Å². The van der Waals surface area contributed by atoms with E-state index in [0.717, 1.165) is 56.5 Å². The summed E-state index contributed by atoms with van der Waals surface area (Å²) in [6, 6.07) is 4.02. The number of nitrogens with one attached hydrogen (secondary N) is 2. The number of likely N-dealkylation sites (tertiary alicyclic amines) is 1. The van der Waals surface area contributed by atoms with Crippen LogP contribution in [0.25, 0.3) is 0 Å². The summed E-state index contributed by atoms with van der Waals surface area (Å²) in [5.41, 5.74) is 1.48. The molecule has 2 aromatic heterocycles. The molecule has 0 radical (unpaired) electrons. The molecule has 32 heavy (non-hydrogen) atoms. The number of amides is 2. The van der Waals surface area contributed by atoms with Gasteiger partial charge in [0.2, 0.25) is 11.8 Å². The fourth-order valence-electron chi connectivity index (χ4n) is 5.03. The minimum Gasteiger partial charge on any atom is -0.350 e. The molecule has 1 aliphatic heterocycles. The zero-order chi connectivity index (χ0) is 22.4. The summed E-state index contributed by atoms with van der Waals surface area (Å²) >= 11 is 0. The number of nitrogens with zero attached hydrogens (tertiary/aromatic N) is 4. The van der Waals surface area contributed by atoms with Crippen molar-refractivity contribution in [3.63, 3.8) is 0 Å². The Morgan fingerprint density at radius 3 is 2.62 bits per heavy atom. The van der Waals surface area contributed by atoms with Gasteiger partial charge in [-0.2, -0.15) is 0 Å². The fraction of sp³-hybridized carbons (Fsp3) is 0.542. The molecule has 3 heterocycles. The number of hydrogen-bond acceptors (Lipinski definition) is 6. The predicted molar refractivity (Wildman–Crippen MR) is 122 cm³/mol. The van der Waals surface area contributed by atoms with Crippen molar-refractivity contribution in [3.8, 4) is 0 Å². The monoisotopic (exact) mass is 436 g/mol. The molecule has 0 unspecified atom stereocenters. The topological polar surface area (TPSA) is 100 Å².